The number of hydrogen-bond donors (Lipinski definition) is 1. The number of thiazole rings is 1. The second-order valence-electron chi connectivity index (χ2n) is 6.14. The van der Waals surface area contributed by atoms with Crippen LogP contribution in [0.25, 0.3) is 0 Å². The van der Waals surface area contributed by atoms with Gasteiger partial charge in [-0.3, -0.25) is 9.59 Å². The molecule has 1 aromatic heterocycles. The maximum Gasteiger partial charge on any atom is 0.252 e. The van der Waals surface area contributed by atoms with E-state index in [0.29, 0.717) is 6.54 Å². The van der Waals surface area contributed by atoms with Gasteiger partial charge in [0.15, 0.2) is 6.10 Å². The summed E-state index contributed by atoms with van der Waals surface area (Å²) in [6.45, 7) is 4.15. The SMILES string of the molecule is Cc1csc(CNC(=O)C2OCC(=O)N(C)C2c2ccccc2C)n1. The van der Waals surface area contributed by atoms with Gasteiger partial charge in [0, 0.05) is 18.1 Å². The van der Waals surface area contributed by atoms with Crippen LogP contribution in [0.3, 0.4) is 0 Å². The van der Waals surface area contributed by atoms with E-state index in [1.165, 1.54) is 11.3 Å². The molecule has 0 radical (unpaired) electrons. The molecule has 6 nitrogen and oxygen atoms in total. The monoisotopic (exact) mass is 359 g/mol. The Labute approximate surface area is 150 Å². The van der Waals surface area contributed by atoms with Crippen LogP contribution in [-0.4, -0.2) is 41.5 Å². The van der Waals surface area contributed by atoms with Crippen LogP contribution in [0.15, 0.2) is 29.6 Å². The number of amides is 2. The summed E-state index contributed by atoms with van der Waals surface area (Å²) in [7, 11) is 1.71. The van der Waals surface area contributed by atoms with Gasteiger partial charge in [-0.25, -0.2) is 4.98 Å². The van der Waals surface area contributed by atoms with Crippen molar-refractivity contribution in [3.05, 3.63) is 51.5 Å². The maximum absolute atomic E-state index is 12.7. The summed E-state index contributed by atoms with van der Waals surface area (Å²) in [4.78, 5) is 30.8. The van der Waals surface area contributed by atoms with Crippen molar-refractivity contribution in [1.82, 2.24) is 15.2 Å². The molecule has 1 N–H and O–H groups in total. The van der Waals surface area contributed by atoms with E-state index in [2.05, 4.69) is 10.3 Å². The molecule has 132 valence electrons. The fourth-order valence-corrected chi connectivity index (χ4v) is 3.68. The predicted octanol–water partition coefficient (Wildman–Crippen LogP) is 1.97. The van der Waals surface area contributed by atoms with E-state index in [1.807, 2.05) is 43.5 Å². The molecule has 0 spiro atoms. The molecule has 0 aliphatic carbocycles. The fourth-order valence-electron chi connectivity index (χ4n) is 2.97. The highest BCUT2D eigenvalue weighted by atomic mass is 32.1. The normalized spacial score (nSPS) is 20.6. The van der Waals surface area contributed by atoms with Gasteiger partial charge in [-0.2, -0.15) is 0 Å². The Balaban J connectivity index is 1.80. The molecule has 2 heterocycles. The van der Waals surface area contributed by atoms with Crippen molar-refractivity contribution in [1.29, 1.82) is 0 Å². The lowest BCUT2D eigenvalue weighted by atomic mass is 9.94. The van der Waals surface area contributed by atoms with Crippen LogP contribution in [0.2, 0.25) is 0 Å². The first kappa shape index (κ1) is 17.6. The Morgan fingerprint density at radius 1 is 1.40 bits per heavy atom. The predicted molar refractivity (Wildman–Crippen MR) is 95.1 cm³/mol. The Morgan fingerprint density at radius 3 is 2.84 bits per heavy atom. The van der Waals surface area contributed by atoms with Crippen molar-refractivity contribution in [3.8, 4) is 0 Å². The van der Waals surface area contributed by atoms with Gasteiger partial charge in [0.2, 0.25) is 5.91 Å². The highest BCUT2D eigenvalue weighted by Crippen LogP contribution is 2.31. The number of carbonyl (C=O) groups excluding carboxylic acids is 2. The molecule has 25 heavy (non-hydrogen) atoms. The second-order valence-corrected chi connectivity index (χ2v) is 7.08. The molecule has 3 rings (SSSR count). The molecular weight excluding hydrogens is 338 g/mol. The molecule has 1 aliphatic rings. The van der Waals surface area contributed by atoms with Crippen LogP contribution in [0.5, 0.6) is 0 Å². The van der Waals surface area contributed by atoms with Gasteiger partial charge < -0.3 is 15.0 Å². The van der Waals surface area contributed by atoms with Crippen molar-refractivity contribution in [2.24, 2.45) is 0 Å². The van der Waals surface area contributed by atoms with E-state index in [4.69, 9.17) is 4.74 Å². The third-order valence-electron chi connectivity index (χ3n) is 4.33. The summed E-state index contributed by atoms with van der Waals surface area (Å²) in [5.74, 6) is -0.367. The topological polar surface area (TPSA) is 71.5 Å². The fraction of sp³-hybridized carbons (Fsp3) is 0.389. The number of morpholine rings is 1. The van der Waals surface area contributed by atoms with Crippen molar-refractivity contribution >= 4 is 23.2 Å². The zero-order chi connectivity index (χ0) is 18.0. The smallest absolute Gasteiger partial charge is 0.252 e. The molecule has 1 aromatic carbocycles. The average Bonchev–Trinajstić information content (AvgIpc) is 3.01. The summed E-state index contributed by atoms with van der Waals surface area (Å²) in [6, 6.07) is 7.30. The van der Waals surface area contributed by atoms with Gasteiger partial charge in [-0.1, -0.05) is 24.3 Å². The summed E-state index contributed by atoms with van der Waals surface area (Å²) >= 11 is 1.51. The lowest BCUT2D eigenvalue weighted by Gasteiger charge is -2.38. The number of aromatic nitrogens is 1. The number of carbonyl (C=O) groups is 2. The average molecular weight is 359 g/mol. The van der Waals surface area contributed by atoms with Gasteiger partial charge in [0.05, 0.1) is 12.6 Å². The van der Waals surface area contributed by atoms with Gasteiger partial charge in [-0.15, -0.1) is 11.3 Å². The van der Waals surface area contributed by atoms with Gasteiger partial charge in [0.1, 0.15) is 11.6 Å². The van der Waals surface area contributed by atoms with Crippen molar-refractivity contribution < 1.29 is 14.3 Å². The van der Waals surface area contributed by atoms with E-state index in [9.17, 15) is 9.59 Å². The molecule has 0 saturated carbocycles. The first-order valence-electron chi connectivity index (χ1n) is 8.09. The number of benzene rings is 1. The highest BCUT2D eigenvalue weighted by molar-refractivity contribution is 7.09. The minimum absolute atomic E-state index is 0.0900. The van der Waals surface area contributed by atoms with Gasteiger partial charge in [0.25, 0.3) is 5.91 Å². The molecule has 2 aromatic rings. The lowest BCUT2D eigenvalue weighted by molar-refractivity contribution is -0.162. The molecule has 2 amide bonds. The van der Waals surface area contributed by atoms with E-state index in [0.717, 1.165) is 21.8 Å². The maximum atomic E-state index is 12.7. The lowest BCUT2D eigenvalue weighted by Crippen LogP contribution is -2.53. The number of ether oxygens (including phenoxy) is 1. The van der Waals surface area contributed by atoms with Crippen molar-refractivity contribution in [3.63, 3.8) is 0 Å². The van der Waals surface area contributed by atoms with E-state index < -0.39 is 12.1 Å². The minimum Gasteiger partial charge on any atom is -0.356 e. The molecule has 7 heteroatoms. The molecule has 0 bridgehead atoms. The zero-order valence-electron chi connectivity index (χ0n) is 14.5. The molecule has 2 unspecified atom stereocenters. The van der Waals surface area contributed by atoms with Crippen molar-refractivity contribution in [2.75, 3.05) is 13.7 Å². The number of aryl methyl sites for hydroxylation is 2. The summed E-state index contributed by atoms with van der Waals surface area (Å²) in [5.41, 5.74) is 2.88. The van der Waals surface area contributed by atoms with Crippen LogP contribution in [-0.2, 0) is 20.9 Å². The molecule has 1 saturated heterocycles. The number of rotatable bonds is 4. The summed E-state index contributed by atoms with van der Waals surface area (Å²) in [6.07, 6.45) is -0.746. The van der Waals surface area contributed by atoms with Crippen LogP contribution in [0, 0.1) is 13.8 Å². The Kier molecular flexibility index (Phi) is 5.15. The number of hydrogen-bond acceptors (Lipinski definition) is 5. The Bertz CT molecular complexity index is 789. The molecule has 1 aliphatic heterocycles. The zero-order valence-corrected chi connectivity index (χ0v) is 15.3. The standard InChI is InChI=1S/C18H21N3O3S/c1-11-6-4-5-7-13(11)16-17(24-9-15(22)21(16)3)18(23)19-8-14-20-12(2)10-25-14/h4-7,10,16-17H,8-9H2,1-3H3,(H,19,23). The molecule has 1 fully saturated rings. The number of nitrogens with zero attached hydrogens (tertiary/aromatic N) is 2. The van der Waals surface area contributed by atoms with Crippen molar-refractivity contribution in [2.45, 2.75) is 32.5 Å². The second kappa shape index (κ2) is 7.33. The first-order valence-corrected chi connectivity index (χ1v) is 8.97. The number of likely N-dealkylation sites (N-methyl/N-ethyl adjacent to an activating group) is 1. The van der Waals surface area contributed by atoms with Crippen LogP contribution >= 0.6 is 11.3 Å². The minimum atomic E-state index is -0.746. The van der Waals surface area contributed by atoms with Crippen LogP contribution in [0.4, 0.5) is 0 Å². The van der Waals surface area contributed by atoms with Gasteiger partial charge in [-0.05, 0) is 25.0 Å². The van der Waals surface area contributed by atoms with Crippen LogP contribution < -0.4 is 5.32 Å². The van der Waals surface area contributed by atoms with E-state index in [-0.39, 0.29) is 18.4 Å². The van der Waals surface area contributed by atoms with Crippen LogP contribution in [0.1, 0.15) is 27.9 Å². The third kappa shape index (κ3) is 3.72. The van der Waals surface area contributed by atoms with E-state index >= 15 is 0 Å². The quantitative estimate of drug-likeness (QED) is 0.906. The number of nitrogens with one attached hydrogen (secondary N) is 1. The summed E-state index contributed by atoms with van der Waals surface area (Å²) in [5, 5.41) is 5.67. The Morgan fingerprint density at radius 2 is 2.16 bits per heavy atom. The third-order valence-corrected chi connectivity index (χ3v) is 5.30. The summed E-state index contributed by atoms with van der Waals surface area (Å²) < 4.78 is 5.62. The van der Waals surface area contributed by atoms with E-state index in [1.54, 1.807) is 11.9 Å². The first-order chi connectivity index (χ1) is 12.0. The molecular formula is C18H21N3O3S. The van der Waals surface area contributed by atoms with Gasteiger partial charge >= 0.3 is 0 Å². The largest absolute Gasteiger partial charge is 0.356 e. The Hall–Kier alpha value is -2.25. The highest BCUT2D eigenvalue weighted by Gasteiger charge is 2.40. The molecule has 2 atom stereocenters.